The van der Waals surface area contributed by atoms with Crippen LogP contribution in [0.4, 0.5) is 0 Å². The summed E-state index contributed by atoms with van der Waals surface area (Å²) < 4.78 is 6.14. The second-order valence-corrected chi connectivity index (χ2v) is 22.2. The van der Waals surface area contributed by atoms with E-state index in [1.54, 1.807) is 0 Å². The molecule has 0 radical (unpaired) electrons. The minimum Gasteiger partial charge on any atom is -0.456 e. The Bertz CT molecular complexity index is 5280. The molecule has 0 saturated carbocycles. The van der Waals surface area contributed by atoms with Crippen LogP contribution in [0.3, 0.4) is 0 Å². The van der Waals surface area contributed by atoms with E-state index in [1.165, 1.54) is 153 Å². The molecule has 0 N–H and O–H groups in total. The highest BCUT2D eigenvalue weighted by molar-refractivity contribution is 6.28. The highest BCUT2D eigenvalue weighted by atomic mass is 16.3. The molecule has 18 aromatic rings. The summed E-state index contributed by atoms with van der Waals surface area (Å²) in [6.45, 7) is 0. The first kappa shape index (κ1) is 47.0. The third-order valence-electron chi connectivity index (χ3n) is 17.6. The van der Waals surface area contributed by atoms with Gasteiger partial charge in [-0.2, -0.15) is 0 Å². The Morgan fingerprint density at radius 3 is 1.05 bits per heavy atom. The van der Waals surface area contributed by atoms with E-state index in [1.807, 2.05) is 12.1 Å². The van der Waals surface area contributed by atoms with Crippen LogP contribution in [0, 0.1) is 0 Å². The fourth-order valence-corrected chi connectivity index (χ4v) is 13.8. The molecule has 18 rings (SSSR count). The van der Waals surface area contributed by atoms with Gasteiger partial charge in [0.1, 0.15) is 11.2 Å². The van der Waals surface area contributed by atoms with E-state index >= 15 is 0 Å². The summed E-state index contributed by atoms with van der Waals surface area (Å²) in [5.74, 6) is 0. The van der Waals surface area contributed by atoms with Crippen LogP contribution in [0.25, 0.3) is 175 Å². The standard InChI is InChI=1S/C44H26.C38H24O/c1-2-6-27(7-3-1)34-24-35(37-20-16-32-14-12-28-8-4-10-30-18-22-39(37)43(32)41(28)30)26-36(25-34)38-21-17-33-15-13-29-9-5-11-31-19-23-40(38)44(33)42(29)31;1-2-10-25(11-3-1)26-18-20-27(21-19-26)37-30-13-4-6-15-32(30)38(33-16-7-5-14-31(33)37)28-22-23-36-34(24-28)29-12-8-9-17-35(29)39-36/h1-26H;1-24H. The lowest BCUT2D eigenvalue weighted by atomic mass is 9.85. The molecular formula is C82H50O. The molecule has 0 saturated heterocycles. The van der Waals surface area contributed by atoms with Crippen LogP contribution < -0.4 is 0 Å². The van der Waals surface area contributed by atoms with Crippen LogP contribution in [0.15, 0.2) is 308 Å². The summed E-state index contributed by atoms with van der Waals surface area (Å²) in [6.07, 6.45) is 0. The van der Waals surface area contributed by atoms with E-state index in [0.29, 0.717) is 0 Å². The Balaban J connectivity index is 0.000000132. The third-order valence-corrected chi connectivity index (χ3v) is 17.6. The normalized spacial score (nSPS) is 11.9. The smallest absolute Gasteiger partial charge is 0.135 e. The molecular weight excluding hydrogens is 1000 g/mol. The van der Waals surface area contributed by atoms with Crippen molar-refractivity contribution < 1.29 is 4.42 Å². The van der Waals surface area contributed by atoms with Crippen molar-refractivity contribution in [2.75, 3.05) is 0 Å². The third kappa shape index (κ3) is 7.63. The van der Waals surface area contributed by atoms with Gasteiger partial charge < -0.3 is 4.42 Å². The average molecular weight is 1050 g/mol. The van der Waals surface area contributed by atoms with Crippen molar-refractivity contribution in [3.63, 3.8) is 0 Å². The van der Waals surface area contributed by atoms with E-state index in [-0.39, 0.29) is 0 Å². The van der Waals surface area contributed by atoms with Crippen molar-refractivity contribution in [2.24, 2.45) is 0 Å². The summed E-state index contributed by atoms with van der Waals surface area (Å²) in [5, 5.41) is 23.1. The van der Waals surface area contributed by atoms with Crippen molar-refractivity contribution in [1.29, 1.82) is 0 Å². The lowest BCUT2D eigenvalue weighted by Gasteiger charge is -2.18. The van der Waals surface area contributed by atoms with Gasteiger partial charge in [-0.1, -0.05) is 267 Å². The van der Waals surface area contributed by atoms with Gasteiger partial charge >= 0.3 is 0 Å². The number of furan rings is 1. The Labute approximate surface area is 479 Å². The first-order chi connectivity index (χ1) is 41.1. The Kier molecular flexibility index (Phi) is 10.7. The number of rotatable bonds is 6. The lowest BCUT2D eigenvalue weighted by Crippen LogP contribution is -1.91. The molecule has 0 unspecified atom stereocenters. The SMILES string of the molecule is c1ccc(-c2cc(-c3ccc4ccc5cccc6ccc3c4c56)cc(-c3ccc4ccc5cccc6ccc3c4c56)c2)cc1.c1ccc(-c2ccc(-c3c4ccccc4c(-c4ccc5oc6ccccc6c5c4)c4ccccc34)cc2)cc1. The predicted molar refractivity (Wildman–Crippen MR) is 355 cm³/mol. The zero-order valence-electron chi connectivity index (χ0n) is 45.3. The Morgan fingerprint density at radius 2 is 0.530 bits per heavy atom. The summed E-state index contributed by atoms with van der Waals surface area (Å²) in [7, 11) is 0. The van der Waals surface area contributed by atoms with Crippen LogP contribution in [0.5, 0.6) is 0 Å². The predicted octanol–water partition coefficient (Wildman–Crippen LogP) is 23.4. The van der Waals surface area contributed by atoms with Gasteiger partial charge in [-0.25, -0.2) is 0 Å². The summed E-state index contributed by atoms with van der Waals surface area (Å²) in [5.41, 5.74) is 16.8. The Morgan fingerprint density at radius 1 is 0.169 bits per heavy atom. The molecule has 1 aromatic heterocycles. The van der Waals surface area contributed by atoms with Gasteiger partial charge in [0.25, 0.3) is 0 Å². The van der Waals surface area contributed by atoms with E-state index in [2.05, 4.69) is 291 Å². The zero-order chi connectivity index (χ0) is 54.5. The molecule has 1 nitrogen and oxygen atoms in total. The van der Waals surface area contributed by atoms with Crippen molar-refractivity contribution in [3.05, 3.63) is 303 Å². The molecule has 1 heterocycles. The maximum absolute atomic E-state index is 6.14. The number of hydrogen-bond donors (Lipinski definition) is 0. The fraction of sp³-hybridized carbons (Fsp3) is 0. The second kappa shape index (κ2) is 18.9. The largest absolute Gasteiger partial charge is 0.456 e. The first-order valence-corrected chi connectivity index (χ1v) is 28.7. The van der Waals surface area contributed by atoms with Crippen molar-refractivity contribution in [2.45, 2.75) is 0 Å². The molecule has 0 atom stereocenters. The van der Waals surface area contributed by atoms with Gasteiger partial charge in [-0.3, -0.25) is 0 Å². The van der Waals surface area contributed by atoms with E-state index in [4.69, 9.17) is 4.42 Å². The maximum atomic E-state index is 6.14. The number of fused-ring (bicyclic) bond motifs is 5. The molecule has 0 fully saturated rings. The first-order valence-electron chi connectivity index (χ1n) is 28.7. The van der Waals surface area contributed by atoms with Gasteiger partial charge in [-0.15, -0.1) is 0 Å². The molecule has 384 valence electrons. The van der Waals surface area contributed by atoms with Gasteiger partial charge in [0, 0.05) is 10.8 Å². The fourth-order valence-electron chi connectivity index (χ4n) is 13.8. The van der Waals surface area contributed by atoms with Crippen LogP contribution in [0.1, 0.15) is 0 Å². The lowest BCUT2D eigenvalue weighted by molar-refractivity contribution is 0.669. The topological polar surface area (TPSA) is 13.1 Å². The molecule has 17 aromatic carbocycles. The molecule has 83 heavy (non-hydrogen) atoms. The van der Waals surface area contributed by atoms with Crippen LogP contribution in [-0.2, 0) is 0 Å². The number of para-hydroxylation sites is 1. The van der Waals surface area contributed by atoms with Crippen LogP contribution in [-0.4, -0.2) is 0 Å². The van der Waals surface area contributed by atoms with Gasteiger partial charge in [-0.05, 0) is 189 Å². The minimum absolute atomic E-state index is 0.920. The zero-order valence-corrected chi connectivity index (χ0v) is 45.3. The van der Waals surface area contributed by atoms with Crippen molar-refractivity contribution in [3.8, 4) is 66.8 Å². The van der Waals surface area contributed by atoms with Crippen molar-refractivity contribution >= 4 is 108 Å². The van der Waals surface area contributed by atoms with Gasteiger partial charge in [0.2, 0.25) is 0 Å². The molecule has 0 amide bonds. The summed E-state index contributed by atoms with van der Waals surface area (Å²) >= 11 is 0. The van der Waals surface area contributed by atoms with Gasteiger partial charge in [0.05, 0.1) is 0 Å². The molecule has 0 aliphatic heterocycles. The highest BCUT2D eigenvalue weighted by Crippen LogP contribution is 2.47. The minimum atomic E-state index is 0.920. The van der Waals surface area contributed by atoms with Crippen molar-refractivity contribution in [1.82, 2.24) is 0 Å². The molecule has 1 heteroatoms. The van der Waals surface area contributed by atoms with Crippen LogP contribution >= 0.6 is 0 Å². The van der Waals surface area contributed by atoms with Gasteiger partial charge in [0.15, 0.2) is 0 Å². The second-order valence-electron chi connectivity index (χ2n) is 22.2. The quantitative estimate of drug-likeness (QED) is 0.119. The monoisotopic (exact) mass is 1050 g/mol. The summed E-state index contributed by atoms with van der Waals surface area (Å²) in [6, 6.07) is 111. The molecule has 0 aliphatic rings. The molecule has 0 spiro atoms. The van der Waals surface area contributed by atoms with E-state index in [0.717, 1.165) is 21.9 Å². The summed E-state index contributed by atoms with van der Waals surface area (Å²) in [4.78, 5) is 0. The molecule has 0 bridgehead atoms. The average Bonchev–Trinajstić information content (AvgIpc) is 4.12. The highest BCUT2D eigenvalue weighted by Gasteiger charge is 2.20. The molecule has 0 aliphatic carbocycles. The number of benzene rings is 17. The van der Waals surface area contributed by atoms with Crippen LogP contribution in [0.2, 0.25) is 0 Å². The van der Waals surface area contributed by atoms with E-state index < -0.39 is 0 Å². The van der Waals surface area contributed by atoms with E-state index in [9.17, 15) is 0 Å². The number of hydrogen-bond acceptors (Lipinski definition) is 1. The Hall–Kier alpha value is -10.9. The maximum Gasteiger partial charge on any atom is 0.135 e.